The molecule has 1 aliphatic heterocycles. The number of hydrogen-bond acceptors (Lipinski definition) is 3. The molecule has 1 aliphatic rings. The number of carboxylic acids is 1. The average Bonchev–Trinajstić information content (AvgIpc) is 2.45. The van der Waals surface area contributed by atoms with Crippen molar-refractivity contribution in [2.75, 3.05) is 24.5 Å². The molecule has 5 nitrogen and oxygen atoms in total. The van der Waals surface area contributed by atoms with Crippen molar-refractivity contribution in [3.63, 3.8) is 0 Å². The first-order valence-corrected chi connectivity index (χ1v) is 6.57. The van der Waals surface area contributed by atoms with Gasteiger partial charge in [0.1, 0.15) is 0 Å². The Bertz CT molecular complexity index is 528. The maximum Gasteiger partial charge on any atom is 0.311 e. The van der Waals surface area contributed by atoms with E-state index in [1.807, 2.05) is 29.2 Å². The molecular formula is C15H18N2O3. The number of carbonyl (C=O) groups is 2. The summed E-state index contributed by atoms with van der Waals surface area (Å²) in [5.74, 6) is -1.39. The van der Waals surface area contributed by atoms with Crippen LogP contribution in [0.15, 0.2) is 36.9 Å². The number of aliphatic carboxylic acids is 1. The minimum absolute atomic E-state index is 0.0894. The monoisotopic (exact) mass is 274 g/mol. The zero-order chi connectivity index (χ0) is 14.5. The molecule has 1 unspecified atom stereocenters. The van der Waals surface area contributed by atoms with Crippen LogP contribution in [-0.4, -0.2) is 36.6 Å². The van der Waals surface area contributed by atoms with E-state index >= 15 is 0 Å². The van der Waals surface area contributed by atoms with Crippen molar-refractivity contribution >= 4 is 17.6 Å². The fourth-order valence-electron chi connectivity index (χ4n) is 2.47. The minimum atomic E-state index is -0.812. The zero-order valence-electron chi connectivity index (χ0n) is 11.2. The number of benzene rings is 1. The van der Waals surface area contributed by atoms with Gasteiger partial charge in [-0.1, -0.05) is 24.3 Å². The normalized spacial score (nSPS) is 17.2. The number of para-hydroxylation sites is 1. The lowest BCUT2D eigenvalue weighted by Crippen LogP contribution is -2.41. The maximum absolute atomic E-state index is 11.8. The molecular weight excluding hydrogens is 256 g/mol. The topological polar surface area (TPSA) is 69.6 Å². The highest BCUT2D eigenvalue weighted by Crippen LogP contribution is 2.34. The van der Waals surface area contributed by atoms with Crippen LogP contribution >= 0.6 is 0 Å². The smallest absolute Gasteiger partial charge is 0.311 e. The number of anilines is 1. The third-order valence-corrected chi connectivity index (χ3v) is 3.42. The molecule has 1 aromatic carbocycles. The predicted molar refractivity (Wildman–Crippen MR) is 76.9 cm³/mol. The number of fused-ring (bicyclic) bond motifs is 1. The summed E-state index contributed by atoms with van der Waals surface area (Å²) in [5.41, 5.74) is 1.61. The van der Waals surface area contributed by atoms with E-state index in [4.69, 9.17) is 0 Å². The molecule has 1 aromatic rings. The molecule has 5 heteroatoms. The molecule has 2 rings (SSSR count). The van der Waals surface area contributed by atoms with Crippen molar-refractivity contribution < 1.29 is 14.7 Å². The van der Waals surface area contributed by atoms with E-state index in [0.29, 0.717) is 19.5 Å². The Labute approximate surface area is 117 Å². The second-order valence-corrected chi connectivity index (χ2v) is 4.75. The molecule has 1 atom stereocenters. The molecule has 106 valence electrons. The van der Waals surface area contributed by atoms with Crippen molar-refractivity contribution in [2.24, 2.45) is 0 Å². The fraction of sp³-hybridized carbons (Fsp3) is 0.333. The largest absolute Gasteiger partial charge is 0.481 e. The van der Waals surface area contributed by atoms with E-state index in [-0.39, 0.29) is 12.5 Å². The fourth-order valence-corrected chi connectivity index (χ4v) is 2.47. The lowest BCUT2D eigenvalue weighted by Gasteiger charge is -2.33. The molecule has 1 heterocycles. The van der Waals surface area contributed by atoms with Gasteiger partial charge in [0.25, 0.3) is 0 Å². The number of carboxylic acid groups (broad SMARTS) is 1. The van der Waals surface area contributed by atoms with Crippen molar-refractivity contribution in [1.82, 2.24) is 5.32 Å². The zero-order valence-corrected chi connectivity index (χ0v) is 11.2. The molecule has 0 aliphatic carbocycles. The number of nitrogens with zero attached hydrogens (tertiary/aromatic N) is 1. The van der Waals surface area contributed by atoms with Gasteiger partial charge in [0.2, 0.25) is 5.91 Å². The highest BCUT2D eigenvalue weighted by molar-refractivity contribution is 5.84. The summed E-state index contributed by atoms with van der Waals surface area (Å²) in [6.07, 6.45) is 2.14. The average molecular weight is 274 g/mol. The van der Waals surface area contributed by atoms with Crippen LogP contribution in [-0.2, 0) is 9.59 Å². The van der Waals surface area contributed by atoms with E-state index in [0.717, 1.165) is 11.3 Å². The lowest BCUT2D eigenvalue weighted by atomic mass is 9.90. The molecule has 0 saturated heterocycles. The van der Waals surface area contributed by atoms with Crippen LogP contribution < -0.4 is 10.2 Å². The first kappa shape index (κ1) is 14.1. The van der Waals surface area contributed by atoms with Gasteiger partial charge in [-0.15, -0.1) is 6.58 Å². The van der Waals surface area contributed by atoms with Gasteiger partial charge in [-0.05, 0) is 18.1 Å². The molecule has 2 N–H and O–H groups in total. The minimum Gasteiger partial charge on any atom is -0.481 e. The Morgan fingerprint density at radius 3 is 2.90 bits per heavy atom. The molecule has 0 spiro atoms. The van der Waals surface area contributed by atoms with Crippen LogP contribution in [0.1, 0.15) is 17.9 Å². The van der Waals surface area contributed by atoms with Crippen LogP contribution in [0.25, 0.3) is 0 Å². The van der Waals surface area contributed by atoms with Gasteiger partial charge in [0, 0.05) is 18.8 Å². The Morgan fingerprint density at radius 1 is 1.45 bits per heavy atom. The van der Waals surface area contributed by atoms with Crippen molar-refractivity contribution in [3.8, 4) is 0 Å². The lowest BCUT2D eigenvalue weighted by molar-refractivity contribution is -0.139. The SMILES string of the molecule is C=CCNC(=O)CN1CCC(C(=O)O)c2ccccc21. The van der Waals surface area contributed by atoms with Gasteiger partial charge >= 0.3 is 5.97 Å². The van der Waals surface area contributed by atoms with Crippen LogP contribution in [0.3, 0.4) is 0 Å². The third-order valence-electron chi connectivity index (χ3n) is 3.42. The Balaban J connectivity index is 2.17. The Morgan fingerprint density at radius 2 is 2.20 bits per heavy atom. The molecule has 0 radical (unpaired) electrons. The number of carbonyl (C=O) groups excluding carboxylic acids is 1. The van der Waals surface area contributed by atoms with Crippen LogP contribution in [0.5, 0.6) is 0 Å². The Hall–Kier alpha value is -2.30. The van der Waals surface area contributed by atoms with Crippen molar-refractivity contribution in [2.45, 2.75) is 12.3 Å². The molecule has 0 aromatic heterocycles. The van der Waals surface area contributed by atoms with Gasteiger partial charge in [-0.2, -0.15) is 0 Å². The van der Waals surface area contributed by atoms with Gasteiger partial charge in [-0.3, -0.25) is 9.59 Å². The number of nitrogens with one attached hydrogen (secondary N) is 1. The van der Waals surface area contributed by atoms with E-state index in [1.54, 1.807) is 6.08 Å². The number of hydrogen-bond donors (Lipinski definition) is 2. The molecule has 1 amide bonds. The maximum atomic E-state index is 11.8. The first-order valence-electron chi connectivity index (χ1n) is 6.57. The summed E-state index contributed by atoms with van der Waals surface area (Å²) < 4.78 is 0. The highest BCUT2D eigenvalue weighted by Gasteiger charge is 2.30. The summed E-state index contributed by atoms with van der Waals surface area (Å²) in [5, 5.41) is 12.0. The van der Waals surface area contributed by atoms with E-state index < -0.39 is 11.9 Å². The quantitative estimate of drug-likeness (QED) is 0.796. The van der Waals surface area contributed by atoms with E-state index in [1.165, 1.54) is 0 Å². The molecule has 0 fully saturated rings. The Kier molecular flexibility index (Phi) is 4.40. The van der Waals surface area contributed by atoms with Crippen LogP contribution in [0, 0.1) is 0 Å². The summed E-state index contributed by atoms with van der Waals surface area (Å²) in [4.78, 5) is 25.0. The standard InChI is InChI=1S/C15H18N2O3/c1-2-8-16-14(18)10-17-9-7-12(15(19)20)11-5-3-4-6-13(11)17/h2-6,12H,1,7-10H2,(H,16,18)(H,19,20). The second-order valence-electron chi connectivity index (χ2n) is 4.75. The van der Waals surface area contributed by atoms with Gasteiger partial charge < -0.3 is 15.3 Å². The summed E-state index contributed by atoms with van der Waals surface area (Å²) >= 11 is 0. The van der Waals surface area contributed by atoms with Crippen LogP contribution in [0.4, 0.5) is 5.69 Å². The van der Waals surface area contributed by atoms with Crippen molar-refractivity contribution in [3.05, 3.63) is 42.5 Å². The predicted octanol–water partition coefficient (Wildman–Crippen LogP) is 1.37. The first-order chi connectivity index (χ1) is 9.63. The third kappa shape index (κ3) is 2.99. The summed E-state index contributed by atoms with van der Waals surface area (Å²) in [6.45, 7) is 4.79. The summed E-state index contributed by atoms with van der Waals surface area (Å²) in [6, 6.07) is 7.38. The molecule has 0 saturated carbocycles. The van der Waals surface area contributed by atoms with E-state index in [9.17, 15) is 14.7 Å². The van der Waals surface area contributed by atoms with Gasteiger partial charge in [0.15, 0.2) is 0 Å². The number of rotatable bonds is 5. The van der Waals surface area contributed by atoms with Crippen LogP contribution in [0.2, 0.25) is 0 Å². The molecule has 20 heavy (non-hydrogen) atoms. The van der Waals surface area contributed by atoms with Gasteiger partial charge in [-0.25, -0.2) is 0 Å². The molecule has 0 bridgehead atoms. The highest BCUT2D eigenvalue weighted by atomic mass is 16.4. The van der Waals surface area contributed by atoms with Gasteiger partial charge in [0.05, 0.1) is 12.5 Å². The van der Waals surface area contributed by atoms with Crippen molar-refractivity contribution in [1.29, 1.82) is 0 Å². The summed E-state index contributed by atoms with van der Waals surface area (Å²) in [7, 11) is 0. The second kappa shape index (κ2) is 6.23. The number of amides is 1. The van der Waals surface area contributed by atoms with E-state index in [2.05, 4.69) is 11.9 Å².